The molecule has 0 aromatic heterocycles. The molecular weight excluding hydrogens is 426 g/mol. The first-order chi connectivity index (χ1) is 16.5. The van der Waals surface area contributed by atoms with Crippen LogP contribution >= 0.6 is 0 Å². The number of nitrogens with zero attached hydrogens (tertiary/aromatic N) is 1. The van der Waals surface area contributed by atoms with Gasteiger partial charge in [0.2, 0.25) is 5.91 Å². The molecule has 5 rings (SSSR count). The summed E-state index contributed by atoms with van der Waals surface area (Å²) in [7, 11) is 1.64. The van der Waals surface area contributed by atoms with Crippen molar-refractivity contribution >= 4 is 28.8 Å². The van der Waals surface area contributed by atoms with E-state index in [0.717, 1.165) is 30.0 Å². The molecule has 0 bridgehead atoms. The van der Waals surface area contributed by atoms with E-state index in [0.29, 0.717) is 18.1 Å². The van der Waals surface area contributed by atoms with E-state index in [-0.39, 0.29) is 29.8 Å². The third-order valence-corrected chi connectivity index (χ3v) is 7.46. The van der Waals surface area contributed by atoms with Crippen molar-refractivity contribution in [3.05, 3.63) is 65.2 Å². The maximum atomic E-state index is 12.9. The van der Waals surface area contributed by atoms with Crippen LogP contribution < -0.4 is 15.5 Å². The fourth-order valence-corrected chi connectivity index (χ4v) is 5.60. The molecule has 2 aromatic carbocycles. The summed E-state index contributed by atoms with van der Waals surface area (Å²) in [6, 6.07) is 14.4. The molecule has 34 heavy (non-hydrogen) atoms. The van der Waals surface area contributed by atoms with Crippen LogP contribution in [0.4, 0.5) is 11.4 Å². The van der Waals surface area contributed by atoms with Crippen molar-refractivity contribution in [1.29, 1.82) is 0 Å². The van der Waals surface area contributed by atoms with E-state index in [9.17, 15) is 9.59 Å². The molecule has 6 nitrogen and oxygen atoms in total. The molecule has 0 spiro atoms. The van der Waals surface area contributed by atoms with Gasteiger partial charge in [-0.3, -0.25) is 9.59 Å². The first kappa shape index (κ1) is 22.7. The summed E-state index contributed by atoms with van der Waals surface area (Å²) in [5.74, 6) is 0.797. The summed E-state index contributed by atoms with van der Waals surface area (Å²) in [6.07, 6.45) is 5.40. The SMILES string of the molecule is CNC(=O)c1ccc(NC2c3cc(C4=CCOCC4)ccc3N(C(C)=O)C(C3CC3)C2C)cc1. The van der Waals surface area contributed by atoms with Crippen LogP contribution in [0.15, 0.2) is 48.5 Å². The molecule has 178 valence electrons. The number of carbonyl (C=O) groups excluding carboxylic acids is 2. The van der Waals surface area contributed by atoms with Crippen LogP contribution in [0.5, 0.6) is 0 Å². The Bertz CT molecular complexity index is 1120. The molecule has 2 aromatic rings. The zero-order valence-electron chi connectivity index (χ0n) is 20.1. The Balaban J connectivity index is 1.55. The monoisotopic (exact) mass is 459 g/mol. The summed E-state index contributed by atoms with van der Waals surface area (Å²) in [5, 5.41) is 6.43. The zero-order chi connectivity index (χ0) is 23.8. The van der Waals surface area contributed by atoms with Crippen molar-refractivity contribution in [2.45, 2.75) is 45.2 Å². The summed E-state index contributed by atoms with van der Waals surface area (Å²) in [4.78, 5) is 26.9. The van der Waals surface area contributed by atoms with Crippen molar-refractivity contribution in [2.24, 2.45) is 11.8 Å². The van der Waals surface area contributed by atoms with E-state index in [1.807, 2.05) is 29.2 Å². The minimum atomic E-state index is -0.0943. The Morgan fingerprint density at radius 1 is 1.09 bits per heavy atom. The largest absolute Gasteiger partial charge is 0.378 e. The molecule has 2 amide bonds. The van der Waals surface area contributed by atoms with Gasteiger partial charge in [0.25, 0.3) is 5.91 Å². The zero-order valence-corrected chi connectivity index (χ0v) is 20.1. The summed E-state index contributed by atoms with van der Waals surface area (Å²) in [6.45, 7) is 5.33. The van der Waals surface area contributed by atoms with Crippen LogP contribution in [-0.4, -0.2) is 38.1 Å². The topological polar surface area (TPSA) is 70.7 Å². The number of benzene rings is 2. The second-order valence-corrected chi connectivity index (χ2v) is 9.68. The minimum Gasteiger partial charge on any atom is -0.378 e. The molecular formula is C28H33N3O3. The second-order valence-electron chi connectivity index (χ2n) is 9.68. The highest BCUT2D eigenvalue weighted by atomic mass is 16.5. The predicted octanol–water partition coefficient (Wildman–Crippen LogP) is 4.78. The Hall–Kier alpha value is -3.12. The Morgan fingerprint density at radius 3 is 2.47 bits per heavy atom. The number of ether oxygens (including phenoxy) is 1. The van der Waals surface area contributed by atoms with Gasteiger partial charge in [-0.1, -0.05) is 19.1 Å². The standard InChI is InChI=1S/C28H33N3O3/c1-17-26(30-23-9-6-21(7-10-23)28(33)29-3)24-16-22(19-12-14-34-15-13-19)8-11-25(24)31(18(2)32)27(17)20-4-5-20/h6-12,16-17,20,26-27,30H,4-5,13-15H2,1-3H3,(H,29,33). The maximum Gasteiger partial charge on any atom is 0.251 e. The van der Waals surface area contributed by atoms with Crippen molar-refractivity contribution in [2.75, 3.05) is 30.5 Å². The van der Waals surface area contributed by atoms with Crippen molar-refractivity contribution in [3.63, 3.8) is 0 Å². The lowest BCUT2D eigenvalue weighted by Crippen LogP contribution is -2.51. The van der Waals surface area contributed by atoms with E-state index in [1.54, 1.807) is 14.0 Å². The summed E-state index contributed by atoms with van der Waals surface area (Å²) in [5.41, 5.74) is 6.27. The van der Waals surface area contributed by atoms with E-state index in [4.69, 9.17) is 4.74 Å². The van der Waals surface area contributed by atoms with E-state index >= 15 is 0 Å². The molecule has 2 aliphatic heterocycles. The summed E-state index contributed by atoms with van der Waals surface area (Å²) >= 11 is 0. The number of nitrogens with one attached hydrogen (secondary N) is 2. The molecule has 6 heteroatoms. The number of rotatable bonds is 5. The van der Waals surface area contributed by atoms with Gasteiger partial charge in [-0.2, -0.15) is 0 Å². The van der Waals surface area contributed by atoms with Gasteiger partial charge in [0.1, 0.15) is 0 Å². The minimum absolute atomic E-state index is 0.0578. The van der Waals surface area contributed by atoms with Crippen LogP contribution in [0, 0.1) is 11.8 Å². The average molecular weight is 460 g/mol. The molecule has 0 saturated heterocycles. The molecule has 2 N–H and O–H groups in total. The number of hydrogen-bond donors (Lipinski definition) is 2. The van der Waals surface area contributed by atoms with Crippen LogP contribution in [-0.2, 0) is 9.53 Å². The highest BCUT2D eigenvalue weighted by Crippen LogP contribution is 2.50. The van der Waals surface area contributed by atoms with Crippen LogP contribution in [0.3, 0.4) is 0 Å². The van der Waals surface area contributed by atoms with Gasteiger partial charge < -0.3 is 20.3 Å². The lowest BCUT2D eigenvalue weighted by Gasteiger charge is -2.46. The highest BCUT2D eigenvalue weighted by Gasteiger charge is 2.47. The highest BCUT2D eigenvalue weighted by molar-refractivity contribution is 5.95. The fraction of sp³-hybridized carbons (Fsp3) is 0.429. The van der Waals surface area contributed by atoms with Gasteiger partial charge in [-0.05, 0) is 78.3 Å². The van der Waals surface area contributed by atoms with Gasteiger partial charge in [0.15, 0.2) is 0 Å². The van der Waals surface area contributed by atoms with Gasteiger partial charge in [-0.15, -0.1) is 0 Å². The predicted molar refractivity (Wildman–Crippen MR) is 135 cm³/mol. The van der Waals surface area contributed by atoms with Crippen molar-refractivity contribution in [1.82, 2.24) is 5.32 Å². The number of fused-ring (bicyclic) bond motifs is 1. The smallest absolute Gasteiger partial charge is 0.251 e. The summed E-state index contributed by atoms with van der Waals surface area (Å²) < 4.78 is 5.51. The van der Waals surface area contributed by atoms with E-state index in [2.05, 4.69) is 41.8 Å². The molecule has 2 heterocycles. The lowest BCUT2D eigenvalue weighted by atomic mass is 9.79. The lowest BCUT2D eigenvalue weighted by molar-refractivity contribution is -0.117. The van der Waals surface area contributed by atoms with E-state index < -0.39 is 0 Å². The first-order valence-corrected chi connectivity index (χ1v) is 12.3. The van der Waals surface area contributed by atoms with Crippen molar-refractivity contribution < 1.29 is 14.3 Å². The van der Waals surface area contributed by atoms with Gasteiger partial charge in [0.05, 0.1) is 19.3 Å². The quantitative estimate of drug-likeness (QED) is 0.675. The Morgan fingerprint density at radius 2 is 1.85 bits per heavy atom. The van der Waals surface area contributed by atoms with Gasteiger partial charge in [0, 0.05) is 42.9 Å². The van der Waals surface area contributed by atoms with Crippen LogP contribution in [0.25, 0.3) is 5.57 Å². The van der Waals surface area contributed by atoms with Crippen LogP contribution in [0.1, 0.15) is 60.6 Å². The molecule has 1 fully saturated rings. The van der Waals surface area contributed by atoms with Crippen LogP contribution in [0.2, 0.25) is 0 Å². The van der Waals surface area contributed by atoms with Crippen molar-refractivity contribution in [3.8, 4) is 0 Å². The average Bonchev–Trinajstić information content (AvgIpc) is 3.70. The maximum absolute atomic E-state index is 12.9. The van der Waals surface area contributed by atoms with Gasteiger partial charge >= 0.3 is 0 Å². The number of hydrogen-bond acceptors (Lipinski definition) is 4. The molecule has 0 radical (unpaired) electrons. The van der Waals surface area contributed by atoms with Gasteiger partial charge in [-0.25, -0.2) is 0 Å². The number of amides is 2. The first-order valence-electron chi connectivity index (χ1n) is 12.3. The third-order valence-electron chi connectivity index (χ3n) is 7.46. The number of anilines is 2. The fourth-order valence-electron chi connectivity index (χ4n) is 5.60. The molecule has 3 atom stereocenters. The molecule has 1 saturated carbocycles. The molecule has 3 aliphatic rings. The second kappa shape index (κ2) is 9.26. The molecule has 1 aliphatic carbocycles. The Kier molecular flexibility index (Phi) is 6.17. The van der Waals surface area contributed by atoms with E-state index in [1.165, 1.54) is 24.0 Å². The normalized spacial score (nSPS) is 24.1. The third kappa shape index (κ3) is 4.23. The number of carbonyl (C=O) groups is 2. The molecule has 3 unspecified atom stereocenters. The Labute approximate surface area is 201 Å².